The molecule has 0 saturated heterocycles. The Kier molecular flexibility index (Phi) is 7.78. The second kappa shape index (κ2) is 13.6. The van der Waals surface area contributed by atoms with Crippen LogP contribution in [0.5, 0.6) is 0 Å². The van der Waals surface area contributed by atoms with E-state index in [1.54, 1.807) is 0 Å². The molecule has 4 nitrogen and oxygen atoms in total. The second-order valence-corrected chi connectivity index (χ2v) is 14.3. The molecule has 11 rings (SSSR count). The molecule has 0 bridgehead atoms. The molecule has 0 saturated carbocycles. The van der Waals surface area contributed by atoms with E-state index in [-0.39, 0.29) is 0 Å². The van der Waals surface area contributed by atoms with Crippen LogP contribution < -0.4 is 4.90 Å². The summed E-state index contributed by atoms with van der Waals surface area (Å²) in [7, 11) is 0. The van der Waals surface area contributed by atoms with E-state index >= 15 is 0 Å². The lowest BCUT2D eigenvalue weighted by Gasteiger charge is -2.29. The van der Waals surface area contributed by atoms with E-state index in [4.69, 9.17) is 9.40 Å². The largest absolute Gasteiger partial charge is 0.455 e. The zero-order chi connectivity index (χ0) is 37.7. The van der Waals surface area contributed by atoms with Crippen molar-refractivity contribution in [3.8, 4) is 39.1 Å². The summed E-state index contributed by atoms with van der Waals surface area (Å²) < 4.78 is 8.98. The minimum absolute atomic E-state index is 0.878. The van der Waals surface area contributed by atoms with E-state index in [2.05, 4.69) is 204 Å². The number of furan rings is 1. The van der Waals surface area contributed by atoms with Crippen LogP contribution in [0.2, 0.25) is 0 Å². The third kappa shape index (κ3) is 5.50. The van der Waals surface area contributed by atoms with Crippen LogP contribution >= 0.6 is 0 Å². The maximum atomic E-state index is 6.68. The van der Waals surface area contributed by atoms with Crippen LogP contribution in [0, 0.1) is 0 Å². The van der Waals surface area contributed by atoms with Gasteiger partial charge >= 0.3 is 0 Å². The summed E-state index contributed by atoms with van der Waals surface area (Å²) in [5, 5.41) is 4.50. The van der Waals surface area contributed by atoms with E-state index in [1.807, 2.05) is 18.3 Å². The number of para-hydroxylation sites is 5. The van der Waals surface area contributed by atoms with E-state index < -0.39 is 0 Å². The van der Waals surface area contributed by atoms with Crippen LogP contribution in [-0.2, 0) is 0 Å². The minimum atomic E-state index is 0.878. The smallest absolute Gasteiger partial charge is 0.145 e. The molecular weight excluding hydrogens is 695 g/mol. The highest BCUT2D eigenvalue weighted by Gasteiger charge is 2.23. The van der Waals surface area contributed by atoms with Crippen molar-refractivity contribution in [1.82, 2.24) is 9.55 Å². The van der Waals surface area contributed by atoms with Gasteiger partial charge in [-0.25, -0.2) is 4.98 Å². The maximum absolute atomic E-state index is 6.68. The molecule has 0 aliphatic rings. The van der Waals surface area contributed by atoms with Crippen LogP contribution in [0.3, 0.4) is 0 Å². The third-order valence-corrected chi connectivity index (χ3v) is 11.1. The van der Waals surface area contributed by atoms with Crippen molar-refractivity contribution in [3.05, 3.63) is 212 Å². The lowest BCUT2D eigenvalue weighted by molar-refractivity contribution is 0.670. The summed E-state index contributed by atoms with van der Waals surface area (Å²) >= 11 is 0. The molecule has 0 unspecified atom stereocenters. The van der Waals surface area contributed by atoms with Gasteiger partial charge in [0, 0.05) is 44.7 Å². The second-order valence-electron chi connectivity index (χ2n) is 14.3. The molecule has 3 aromatic heterocycles. The zero-order valence-corrected chi connectivity index (χ0v) is 31.0. The molecule has 0 atom stereocenters. The Bertz CT molecular complexity index is 3180. The molecule has 268 valence electrons. The van der Waals surface area contributed by atoms with Crippen molar-refractivity contribution in [3.63, 3.8) is 0 Å². The van der Waals surface area contributed by atoms with E-state index in [0.717, 1.165) is 89.1 Å². The van der Waals surface area contributed by atoms with Gasteiger partial charge in [0.1, 0.15) is 16.8 Å². The predicted molar refractivity (Wildman–Crippen MR) is 237 cm³/mol. The summed E-state index contributed by atoms with van der Waals surface area (Å²) in [5.41, 5.74) is 14.6. The van der Waals surface area contributed by atoms with Crippen molar-refractivity contribution in [2.24, 2.45) is 0 Å². The van der Waals surface area contributed by atoms with Crippen LogP contribution in [-0.4, -0.2) is 9.55 Å². The monoisotopic (exact) mass is 729 g/mol. The van der Waals surface area contributed by atoms with Gasteiger partial charge in [0.2, 0.25) is 0 Å². The Labute approximate surface area is 330 Å². The molecule has 4 heteroatoms. The number of rotatable bonds is 7. The van der Waals surface area contributed by atoms with Crippen molar-refractivity contribution in [1.29, 1.82) is 0 Å². The highest BCUT2D eigenvalue weighted by molar-refractivity contribution is 6.11. The summed E-state index contributed by atoms with van der Waals surface area (Å²) in [4.78, 5) is 7.35. The third-order valence-electron chi connectivity index (χ3n) is 11.1. The Balaban J connectivity index is 1.18. The fraction of sp³-hybridized carbons (Fsp3) is 0. The summed E-state index contributed by atoms with van der Waals surface area (Å²) in [6.07, 6.45) is 1.88. The highest BCUT2D eigenvalue weighted by atomic mass is 16.3. The normalized spacial score (nSPS) is 11.5. The van der Waals surface area contributed by atoms with Gasteiger partial charge in [0.05, 0.1) is 16.9 Å². The van der Waals surface area contributed by atoms with Crippen LogP contribution in [0.1, 0.15) is 0 Å². The van der Waals surface area contributed by atoms with Crippen molar-refractivity contribution >= 4 is 60.9 Å². The molecule has 8 aromatic carbocycles. The lowest BCUT2D eigenvalue weighted by Crippen LogP contribution is -2.13. The number of hydrogen-bond donors (Lipinski definition) is 0. The summed E-state index contributed by atoms with van der Waals surface area (Å²) in [5.74, 6) is 0. The average molecular weight is 730 g/mol. The van der Waals surface area contributed by atoms with Gasteiger partial charge in [-0.2, -0.15) is 0 Å². The molecule has 0 aliphatic carbocycles. The molecular formula is C53H35N3O. The first-order valence-corrected chi connectivity index (χ1v) is 19.3. The van der Waals surface area contributed by atoms with Gasteiger partial charge in [0.25, 0.3) is 0 Å². The van der Waals surface area contributed by atoms with Crippen LogP contribution in [0.15, 0.2) is 217 Å². The van der Waals surface area contributed by atoms with Gasteiger partial charge in [0.15, 0.2) is 0 Å². The van der Waals surface area contributed by atoms with Gasteiger partial charge in [-0.05, 0) is 88.5 Å². The van der Waals surface area contributed by atoms with Crippen molar-refractivity contribution in [2.75, 3.05) is 4.90 Å². The Morgan fingerprint density at radius 2 is 1.07 bits per heavy atom. The molecule has 0 fully saturated rings. The SMILES string of the molecule is c1ccc(-c2ccc(N(c3ccc(-c4ccccc4)c(-c4cccc5c4oc4ccccc45)c3)c3ccccc3-n3c4ccccc4c4cccnc43)cc2)cc1. The first-order valence-electron chi connectivity index (χ1n) is 19.3. The van der Waals surface area contributed by atoms with E-state index in [9.17, 15) is 0 Å². The number of anilines is 3. The molecule has 57 heavy (non-hydrogen) atoms. The molecule has 0 radical (unpaired) electrons. The maximum Gasteiger partial charge on any atom is 0.145 e. The fourth-order valence-electron chi connectivity index (χ4n) is 8.47. The fourth-order valence-corrected chi connectivity index (χ4v) is 8.47. The first-order chi connectivity index (χ1) is 28.3. The standard InChI is InChI=1S/C53H35N3O/c1-3-15-36(16-4-1)37-28-30-39(31-29-37)55(49-25-10-11-26-50(49)56-48-24-9-7-19-42(48)46-23-14-34-54-53(46)56)40-32-33-41(38-17-5-2-6-18-38)47(35-40)45-22-13-21-44-43-20-8-12-27-51(43)57-52(44)45/h1-35H. The summed E-state index contributed by atoms with van der Waals surface area (Å²) in [6, 6.07) is 73.1. The Hall–Kier alpha value is -7.69. The molecule has 0 aliphatic heterocycles. The number of aromatic nitrogens is 2. The number of benzene rings is 8. The molecule has 0 N–H and O–H groups in total. The highest BCUT2D eigenvalue weighted by Crippen LogP contribution is 2.46. The summed E-state index contributed by atoms with van der Waals surface area (Å²) in [6.45, 7) is 0. The molecule has 0 spiro atoms. The number of pyridine rings is 1. The van der Waals surface area contributed by atoms with Gasteiger partial charge in [-0.1, -0.05) is 146 Å². The Morgan fingerprint density at radius 3 is 1.91 bits per heavy atom. The first kappa shape index (κ1) is 32.7. The average Bonchev–Trinajstić information content (AvgIpc) is 3.84. The van der Waals surface area contributed by atoms with E-state index in [0.29, 0.717) is 0 Å². The van der Waals surface area contributed by atoms with Gasteiger partial charge in [-0.15, -0.1) is 0 Å². The van der Waals surface area contributed by atoms with Gasteiger partial charge in [-0.3, -0.25) is 4.57 Å². The molecule has 3 heterocycles. The predicted octanol–water partition coefficient (Wildman–Crippen LogP) is 14.5. The number of nitrogens with zero attached hydrogens (tertiary/aromatic N) is 3. The minimum Gasteiger partial charge on any atom is -0.455 e. The molecule has 0 amide bonds. The lowest BCUT2D eigenvalue weighted by atomic mass is 9.92. The number of hydrogen-bond acceptors (Lipinski definition) is 3. The van der Waals surface area contributed by atoms with E-state index in [1.165, 1.54) is 10.9 Å². The Morgan fingerprint density at radius 1 is 0.421 bits per heavy atom. The zero-order valence-electron chi connectivity index (χ0n) is 31.0. The quantitative estimate of drug-likeness (QED) is 0.164. The molecule has 11 aromatic rings. The van der Waals surface area contributed by atoms with Crippen LogP contribution in [0.25, 0.3) is 82.9 Å². The van der Waals surface area contributed by atoms with Gasteiger partial charge < -0.3 is 9.32 Å². The number of fused-ring (bicyclic) bond motifs is 6. The topological polar surface area (TPSA) is 34.2 Å². The van der Waals surface area contributed by atoms with Crippen molar-refractivity contribution in [2.45, 2.75) is 0 Å². The van der Waals surface area contributed by atoms with Crippen molar-refractivity contribution < 1.29 is 4.42 Å². The van der Waals surface area contributed by atoms with Crippen LogP contribution in [0.4, 0.5) is 17.1 Å².